The first-order chi connectivity index (χ1) is 12.1. The Kier molecular flexibility index (Phi) is 6.39. The van der Waals surface area contributed by atoms with E-state index in [9.17, 15) is 0 Å². The van der Waals surface area contributed by atoms with Crippen LogP contribution < -0.4 is 10.6 Å². The number of rotatable bonds is 6. The van der Waals surface area contributed by atoms with E-state index in [1.165, 1.54) is 50.9 Å². The van der Waals surface area contributed by atoms with Crippen LogP contribution in [0.1, 0.15) is 38.2 Å². The van der Waals surface area contributed by atoms with Gasteiger partial charge in [0.05, 0.1) is 0 Å². The first-order valence-electron chi connectivity index (χ1n) is 9.58. The lowest BCUT2D eigenvalue weighted by Gasteiger charge is -2.32. The van der Waals surface area contributed by atoms with E-state index in [4.69, 9.17) is 0 Å². The van der Waals surface area contributed by atoms with Gasteiger partial charge >= 0.3 is 0 Å². The molecule has 2 fully saturated rings. The van der Waals surface area contributed by atoms with Gasteiger partial charge in [-0.05, 0) is 62.4 Å². The Morgan fingerprint density at radius 1 is 1.36 bits per heavy atom. The number of hydrogen-bond donors (Lipinski definition) is 2. The van der Waals surface area contributed by atoms with Crippen molar-refractivity contribution in [2.45, 2.75) is 38.0 Å². The second-order valence-electron chi connectivity index (χ2n) is 7.50. The highest BCUT2D eigenvalue weighted by Crippen LogP contribution is 2.48. The van der Waals surface area contributed by atoms with Crippen molar-refractivity contribution >= 4 is 21.9 Å². The molecule has 0 bridgehead atoms. The molecule has 1 aliphatic heterocycles. The standard InChI is InChI=1S/C20H31BrN4/c1-3-25-11-5-6-16(14-25)13-23-19(22-2)24-15-20(9-10-20)17-7-4-8-18(21)12-17/h4,7-8,12,16H,3,5-6,9-11,13-15H2,1-2H3,(H2,22,23,24). The van der Waals surface area contributed by atoms with Crippen LogP contribution in [0.3, 0.4) is 0 Å². The Morgan fingerprint density at radius 3 is 2.88 bits per heavy atom. The third-order valence-corrected chi connectivity index (χ3v) is 6.21. The zero-order valence-corrected chi connectivity index (χ0v) is 17.1. The molecule has 5 heteroatoms. The molecule has 1 unspecified atom stereocenters. The monoisotopic (exact) mass is 406 g/mol. The Bertz CT molecular complexity index is 597. The molecule has 3 rings (SSSR count). The molecule has 1 saturated carbocycles. The second-order valence-corrected chi connectivity index (χ2v) is 8.41. The first-order valence-corrected chi connectivity index (χ1v) is 10.4. The molecule has 25 heavy (non-hydrogen) atoms. The average molecular weight is 407 g/mol. The summed E-state index contributed by atoms with van der Waals surface area (Å²) in [6.07, 6.45) is 5.14. The van der Waals surface area contributed by atoms with Crippen molar-refractivity contribution in [1.82, 2.24) is 15.5 Å². The smallest absolute Gasteiger partial charge is 0.191 e. The molecule has 1 saturated heterocycles. The number of guanidine groups is 1. The summed E-state index contributed by atoms with van der Waals surface area (Å²) in [7, 11) is 1.87. The summed E-state index contributed by atoms with van der Waals surface area (Å²) in [4.78, 5) is 6.98. The maximum Gasteiger partial charge on any atom is 0.191 e. The van der Waals surface area contributed by atoms with E-state index in [-0.39, 0.29) is 5.41 Å². The Labute approximate surface area is 160 Å². The maximum absolute atomic E-state index is 4.43. The minimum Gasteiger partial charge on any atom is -0.356 e. The van der Waals surface area contributed by atoms with Crippen LogP contribution in [0.25, 0.3) is 0 Å². The van der Waals surface area contributed by atoms with E-state index in [0.717, 1.165) is 29.4 Å². The fourth-order valence-electron chi connectivity index (χ4n) is 3.86. The average Bonchev–Trinajstić information content (AvgIpc) is 3.43. The van der Waals surface area contributed by atoms with Crippen molar-refractivity contribution in [3.63, 3.8) is 0 Å². The quantitative estimate of drug-likeness (QED) is 0.561. The van der Waals surface area contributed by atoms with E-state index in [1.54, 1.807) is 0 Å². The van der Waals surface area contributed by atoms with Gasteiger partial charge in [0, 0.05) is 36.6 Å². The van der Waals surface area contributed by atoms with Gasteiger partial charge < -0.3 is 15.5 Å². The topological polar surface area (TPSA) is 39.7 Å². The molecule has 0 spiro atoms. The highest BCUT2D eigenvalue weighted by atomic mass is 79.9. The van der Waals surface area contributed by atoms with Gasteiger partial charge in [0.1, 0.15) is 0 Å². The predicted octanol–water partition coefficient (Wildman–Crippen LogP) is 3.38. The fourth-order valence-corrected chi connectivity index (χ4v) is 4.26. The lowest BCUT2D eigenvalue weighted by atomic mass is 9.96. The zero-order valence-electron chi connectivity index (χ0n) is 15.5. The Balaban J connectivity index is 1.48. The van der Waals surface area contributed by atoms with Crippen LogP contribution in [-0.2, 0) is 5.41 Å². The first kappa shape index (κ1) is 18.7. The summed E-state index contributed by atoms with van der Waals surface area (Å²) in [6.45, 7) is 7.86. The summed E-state index contributed by atoms with van der Waals surface area (Å²) in [6, 6.07) is 8.73. The van der Waals surface area contributed by atoms with Crippen molar-refractivity contribution in [3.05, 3.63) is 34.3 Å². The van der Waals surface area contributed by atoms with Crippen LogP contribution in [0.2, 0.25) is 0 Å². The van der Waals surface area contributed by atoms with Crippen LogP contribution in [0.15, 0.2) is 33.7 Å². The third-order valence-electron chi connectivity index (χ3n) is 5.72. The van der Waals surface area contributed by atoms with E-state index in [0.29, 0.717) is 0 Å². The summed E-state index contributed by atoms with van der Waals surface area (Å²) in [5.41, 5.74) is 1.71. The van der Waals surface area contributed by atoms with Crippen molar-refractivity contribution in [2.75, 3.05) is 39.8 Å². The molecule has 4 nitrogen and oxygen atoms in total. The normalized spacial score (nSPS) is 23.3. The van der Waals surface area contributed by atoms with E-state index < -0.39 is 0 Å². The van der Waals surface area contributed by atoms with Crippen molar-refractivity contribution in [1.29, 1.82) is 0 Å². The fraction of sp³-hybridized carbons (Fsp3) is 0.650. The van der Waals surface area contributed by atoms with E-state index in [1.807, 2.05) is 7.05 Å². The number of nitrogens with one attached hydrogen (secondary N) is 2. The molecule has 1 aromatic carbocycles. The van der Waals surface area contributed by atoms with E-state index in [2.05, 4.69) is 67.6 Å². The predicted molar refractivity (Wildman–Crippen MR) is 109 cm³/mol. The summed E-state index contributed by atoms with van der Waals surface area (Å²) < 4.78 is 1.16. The highest BCUT2D eigenvalue weighted by Gasteiger charge is 2.44. The van der Waals surface area contributed by atoms with Crippen molar-refractivity contribution < 1.29 is 0 Å². The minimum atomic E-state index is 0.283. The van der Waals surface area contributed by atoms with Gasteiger partial charge in [-0.1, -0.05) is 35.0 Å². The van der Waals surface area contributed by atoms with Gasteiger partial charge in [0.25, 0.3) is 0 Å². The van der Waals surface area contributed by atoms with Crippen molar-refractivity contribution in [2.24, 2.45) is 10.9 Å². The largest absolute Gasteiger partial charge is 0.356 e. The zero-order chi connectivity index (χ0) is 17.7. The van der Waals surface area contributed by atoms with Crippen LogP contribution in [0.4, 0.5) is 0 Å². The van der Waals surface area contributed by atoms with Crippen molar-refractivity contribution in [3.8, 4) is 0 Å². The minimum absolute atomic E-state index is 0.283. The van der Waals surface area contributed by atoms with E-state index >= 15 is 0 Å². The third kappa shape index (κ3) is 4.98. The number of aliphatic imine (C=N–C) groups is 1. The number of halogens is 1. The SMILES string of the molecule is CCN1CCCC(CNC(=NC)NCC2(c3cccc(Br)c3)CC2)C1. The number of benzene rings is 1. The van der Waals surface area contributed by atoms with Crippen LogP contribution >= 0.6 is 15.9 Å². The highest BCUT2D eigenvalue weighted by molar-refractivity contribution is 9.10. The Morgan fingerprint density at radius 2 is 2.20 bits per heavy atom. The molecule has 138 valence electrons. The summed E-state index contributed by atoms with van der Waals surface area (Å²) in [5.74, 6) is 1.67. The lowest BCUT2D eigenvalue weighted by molar-refractivity contribution is 0.183. The van der Waals surface area contributed by atoms with Crippen LogP contribution in [0.5, 0.6) is 0 Å². The maximum atomic E-state index is 4.43. The van der Waals surface area contributed by atoms with Crippen LogP contribution in [-0.4, -0.2) is 50.6 Å². The Hall–Kier alpha value is -1.07. The molecule has 0 amide bonds. The van der Waals surface area contributed by atoms with Gasteiger partial charge in [-0.25, -0.2) is 0 Å². The molecular weight excluding hydrogens is 376 g/mol. The van der Waals surface area contributed by atoms with Gasteiger partial charge in [-0.2, -0.15) is 0 Å². The lowest BCUT2D eigenvalue weighted by Crippen LogP contribution is -2.45. The molecule has 0 aromatic heterocycles. The molecule has 1 aliphatic carbocycles. The van der Waals surface area contributed by atoms with Gasteiger partial charge in [-0.15, -0.1) is 0 Å². The second kappa shape index (κ2) is 8.54. The number of hydrogen-bond acceptors (Lipinski definition) is 2. The number of piperidine rings is 1. The summed E-state index contributed by atoms with van der Waals surface area (Å²) in [5, 5.41) is 7.11. The molecular formula is C20H31BrN4. The molecule has 1 atom stereocenters. The number of nitrogens with zero attached hydrogens (tertiary/aromatic N) is 2. The van der Waals surface area contributed by atoms with Gasteiger partial charge in [0.15, 0.2) is 5.96 Å². The molecule has 2 aliphatic rings. The molecule has 2 N–H and O–H groups in total. The molecule has 1 aromatic rings. The van der Waals surface area contributed by atoms with Gasteiger partial charge in [0.2, 0.25) is 0 Å². The van der Waals surface area contributed by atoms with Crippen LogP contribution in [0, 0.1) is 5.92 Å². The number of likely N-dealkylation sites (tertiary alicyclic amines) is 1. The summed E-state index contributed by atoms with van der Waals surface area (Å²) >= 11 is 3.60. The van der Waals surface area contributed by atoms with Gasteiger partial charge in [-0.3, -0.25) is 4.99 Å². The molecule has 1 heterocycles. The molecule has 0 radical (unpaired) electrons.